The number of rotatable bonds is 3. The fourth-order valence-corrected chi connectivity index (χ4v) is 3.06. The quantitative estimate of drug-likeness (QED) is 0.748. The van der Waals surface area contributed by atoms with Crippen LogP contribution < -0.4 is 4.74 Å². The average molecular weight is 299 g/mol. The van der Waals surface area contributed by atoms with Crippen LogP contribution in [0.5, 0.6) is 5.75 Å². The molecule has 0 unspecified atom stereocenters. The summed E-state index contributed by atoms with van der Waals surface area (Å²) in [6.07, 6.45) is 1.15. The lowest BCUT2D eigenvalue weighted by Gasteiger charge is -2.33. The van der Waals surface area contributed by atoms with Crippen molar-refractivity contribution in [1.82, 2.24) is 0 Å². The van der Waals surface area contributed by atoms with Crippen LogP contribution in [0.4, 0.5) is 0 Å². The number of ether oxygens (including phenoxy) is 1. The second kappa shape index (κ2) is 5.01. The van der Waals surface area contributed by atoms with Gasteiger partial charge in [0, 0.05) is 0 Å². The van der Waals surface area contributed by atoms with Crippen molar-refractivity contribution in [3.05, 3.63) is 28.2 Å². The van der Waals surface area contributed by atoms with Crippen molar-refractivity contribution in [3.8, 4) is 5.75 Å². The van der Waals surface area contributed by atoms with Gasteiger partial charge in [-0.25, -0.2) is 0 Å². The van der Waals surface area contributed by atoms with E-state index >= 15 is 0 Å². The van der Waals surface area contributed by atoms with Gasteiger partial charge in [-0.2, -0.15) is 0 Å². The molecule has 0 amide bonds. The summed E-state index contributed by atoms with van der Waals surface area (Å²) in [4.78, 5) is 0. The number of hydrogen-bond acceptors (Lipinski definition) is 1. The van der Waals surface area contributed by atoms with E-state index in [9.17, 15) is 0 Å². The third-order valence-corrected chi connectivity index (χ3v) is 3.53. The lowest BCUT2D eigenvalue weighted by molar-refractivity contribution is 0.284. The van der Waals surface area contributed by atoms with Crippen LogP contribution in [0.1, 0.15) is 46.6 Å². The summed E-state index contributed by atoms with van der Waals surface area (Å²) in [5, 5.41) is 0. The van der Waals surface area contributed by atoms with Gasteiger partial charge in [-0.05, 0) is 50.9 Å². The molecule has 0 aliphatic rings. The van der Waals surface area contributed by atoms with Crippen LogP contribution in [0.3, 0.4) is 0 Å². The van der Waals surface area contributed by atoms with Crippen LogP contribution >= 0.6 is 15.9 Å². The van der Waals surface area contributed by atoms with Gasteiger partial charge in [-0.3, -0.25) is 0 Å². The zero-order chi connectivity index (χ0) is 13.3. The molecule has 0 bridgehead atoms. The van der Waals surface area contributed by atoms with Gasteiger partial charge in [-0.1, -0.05) is 40.7 Å². The summed E-state index contributed by atoms with van der Waals surface area (Å²) in [5.41, 5.74) is 1.85. The molecular formula is C15H23BrO. The predicted molar refractivity (Wildman–Crippen MR) is 77.8 cm³/mol. The van der Waals surface area contributed by atoms with Gasteiger partial charge in [0.05, 0.1) is 11.6 Å². The average Bonchev–Trinajstić information content (AvgIpc) is 2.13. The highest BCUT2D eigenvalue weighted by Gasteiger charge is 2.27. The van der Waals surface area contributed by atoms with E-state index in [2.05, 4.69) is 62.7 Å². The molecule has 0 fully saturated rings. The van der Waals surface area contributed by atoms with Crippen LogP contribution in [-0.4, -0.2) is 7.11 Å². The van der Waals surface area contributed by atoms with Gasteiger partial charge < -0.3 is 4.74 Å². The summed E-state index contributed by atoms with van der Waals surface area (Å²) in [5.74, 6) is 0.889. The highest BCUT2D eigenvalue weighted by Crippen LogP contribution is 2.38. The van der Waals surface area contributed by atoms with Gasteiger partial charge in [-0.15, -0.1) is 0 Å². The Bertz CT molecular complexity index is 388. The zero-order valence-corrected chi connectivity index (χ0v) is 13.3. The number of benzene rings is 1. The molecule has 1 nitrogen and oxygen atoms in total. The summed E-state index contributed by atoms with van der Waals surface area (Å²) in [7, 11) is 1.69. The van der Waals surface area contributed by atoms with Crippen LogP contribution in [0.15, 0.2) is 22.7 Å². The number of hydrogen-bond donors (Lipinski definition) is 0. The van der Waals surface area contributed by atoms with Gasteiger partial charge in [0.25, 0.3) is 0 Å². The molecule has 0 radical (unpaired) electrons. The Hall–Kier alpha value is -0.500. The first kappa shape index (κ1) is 14.6. The van der Waals surface area contributed by atoms with E-state index in [0.717, 1.165) is 16.6 Å². The minimum atomic E-state index is 0.174. The molecule has 17 heavy (non-hydrogen) atoms. The highest BCUT2D eigenvalue weighted by molar-refractivity contribution is 9.10. The Morgan fingerprint density at radius 1 is 1.12 bits per heavy atom. The van der Waals surface area contributed by atoms with Gasteiger partial charge in [0.1, 0.15) is 5.75 Å². The minimum Gasteiger partial charge on any atom is -0.496 e. The molecule has 1 aromatic carbocycles. The molecule has 0 spiro atoms. The van der Waals surface area contributed by atoms with E-state index in [1.807, 2.05) is 6.07 Å². The molecule has 0 atom stereocenters. The Kier molecular flexibility index (Phi) is 4.29. The molecule has 0 heterocycles. The fraction of sp³-hybridized carbons (Fsp3) is 0.600. The van der Waals surface area contributed by atoms with Gasteiger partial charge >= 0.3 is 0 Å². The Morgan fingerprint density at radius 3 is 2.12 bits per heavy atom. The molecule has 0 N–H and O–H groups in total. The third-order valence-electron chi connectivity index (χ3n) is 2.91. The van der Waals surface area contributed by atoms with Crippen molar-refractivity contribution in [2.24, 2.45) is 5.41 Å². The van der Waals surface area contributed by atoms with E-state index in [4.69, 9.17) is 4.74 Å². The Morgan fingerprint density at radius 2 is 1.71 bits per heavy atom. The molecule has 0 aromatic heterocycles. The largest absolute Gasteiger partial charge is 0.496 e. The molecule has 0 saturated heterocycles. The second-order valence-electron chi connectivity index (χ2n) is 6.47. The molecule has 1 rings (SSSR count). The number of halogens is 1. The third kappa shape index (κ3) is 4.02. The van der Waals surface area contributed by atoms with Crippen LogP contribution in [0.25, 0.3) is 0 Å². The van der Waals surface area contributed by atoms with Crippen LogP contribution in [-0.2, 0) is 5.41 Å². The van der Waals surface area contributed by atoms with E-state index in [-0.39, 0.29) is 5.41 Å². The SMILES string of the molecule is COc1ccc(C(C)(C)CC(C)(C)C)cc1Br. The highest BCUT2D eigenvalue weighted by atomic mass is 79.9. The first-order valence-electron chi connectivity index (χ1n) is 6.00. The van der Waals surface area contributed by atoms with Crippen molar-refractivity contribution >= 4 is 15.9 Å². The topological polar surface area (TPSA) is 9.23 Å². The lowest BCUT2D eigenvalue weighted by atomic mass is 9.72. The zero-order valence-electron chi connectivity index (χ0n) is 11.7. The lowest BCUT2D eigenvalue weighted by Crippen LogP contribution is -2.24. The molecule has 0 saturated carbocycles. The van der Waals surface area contributed by atoms with Crippen molar-refractivity contribution in [2.45, 2.75) is 46.5 Å². The van der Waals surface area contributed by atoms with Crippen LogP contribution in [0.2, 0.25) is 0 Å². The van der Waals surface area contributed by atoms with E-state index < -0.39 is 0 Å². The second-order valence-corrected chi connectivity index (χ2v) is 7.32. The molecule has 96 valence electrons. The van der Waals surface area contributed by atoms with Gasteiger partial charge in [0.2, 0.25) is 0 Å². The maximum atomic E-state index is 5.27. The smallest absolute Gasteiger partial charge is 0.133 e. The fourth-order valence-electron chi connectivity index (χ4n) is 2.52. The summed E-state index contributed by atoms with van der Waals surface area (Å²) in [6, 6.07) is 6.36. The maximum absolute atomic E-state index is 5.27. The maximum Gasteiger partial charge on any atom is 0.133 e. The van der Waals surface area contributed by atoms with Gasteiger partial charge in [0.15, 0.2) is 0 Å². The standard InChI is InChI=1S/C15H23BrO/c1-14(2,3)10-15(4,5)11-7-8-13(17-6)12(16)9-11/h7-9H,10H2,1-6H3. The van der Waals surface area contributed by atoms with E-state index in [1.54, 1.807) is 7.11 Å². The Labute approximate surface area is 114 Å². The van der Waals surface area contributed by atoms with Crippen molar-refractivity contribution < 1.29 is 4.74 Å². The summed E-state index contributed by atoms with van der Waals surface area (Å²) >= 11 is 3.55. The number of methoxy groups -OCH3 is 1. The van der Waals surface area contributed by atoms with Crippen molar-refractivity contribution in [1.29, 1.82) is 0 Å². The molecule has 0 aliphatic carbocycles. The van der Waals surface area contributed by atoms with Crippen LogP contribution in [0, 0.1) is 5.41 Å². The minimum absolute atomic E-state index is 0.174. The molecule has 0 aliphatic heterocycles. The normalized spacial score (nSPS) is 12.6. The molecule has 2 heteroatoms. The van der Waals surface area contributed by atoms with E-state index in [1.165, 1.54) is 5.56 Å². The molecule has 1 aromatic rings. The first-order valence-corrected chi connectivity index (χ1v) is 6.79. The summed E-state index contributed by atoms with van der Waals surface area (Å²) < 4.78 is 6.29. The predicted octanol–water partition coefficient (Wildman–Crippen LogP) is 5.17. The van der Waals surface area contributed by atoms with E-state index in [0.29, 0.717) is 5.41 Å². The van der Waals surface area contributed by atoms with Crippen molar-refractivity contribution in [2.75, 3.05) is 7.11 Å². The summed E-state index contributed by atoms with van der Waals surface area (Å²) in [6.45, 7) is 11.5. The Balaban J connectivity index is 3.03. The first-order chi connectivity index (χ1) is 7.65. The van der Waals surface area contributed by atoms with Crippen molar-refractivity contribution in [3.63, 3.8) is 0 Å². The monoisotopic (exact) mass is 298 g/mol. The molecular weight excluding hydrogens is 276 g/mol.